The quantitative estimate of drug-likeness (QED) is 0.781. The van der Waals surface area contributed by atoms with E-state index in [1.54, 1.807) is 0 Å². The minimum absolute atomic E-state index is 0.0976. The highest BCUT2D eigenvalue weighted by molar-refractivity contribution is 6.31. The van der Waals surface area contributed by atoms with E-state index in [0.717, 1.165) is 0 Å². The lowest BCUT2D eigenvalue weighted by Gasteiger charge is -1.96. The molecule has 2 aliphatic carbocycles. The Morgan fingerprint density at radius 1 is 0.765 bits per heavy atom. The van der Waals surface area contributed by atoms with Gasteiger partial charge < -0.3 is 0 Å². The van der Waals surface area contributed by atoms with Gasteiger partial charge in [-0.2, -0.15) is 4.98 Å². The van der Waals surface area contributed by atoms with Gasteiger partial charge in [-0.25, -0.2) is 9.97 Å². The summed E-state index contributed by atoms with van der Waals surface area (Å²) in [5.74, 6) is 0.705. The van der Waals surface area contributed by atoms with Crippen molar-refractivity contribution in [1.29, 1.82) is 0 Å². The van der Waals surface area contributed by atoms with Crippen molar-refractivity contribution < 1.29 is 0 Å². The maximum Gasteiger partial charge on any atom is 0.226 e. The molecule has 1 heterocycles. The van der Waals surface area contributed by atoms with Gasteiger partial charge in [0, 0.05) is 0 Å². The molecule has 1 aromatic rings. The Labute approximate surface area is 108 Å². The number of hydrogen-bond acceptors (Lipinski definition) is 3. The van der Waals surface area contributed by atoms with Crippen LogP contribution in [0.25, 0.3) is 0 Å². The number of halogens is 2. The fourth-order valence-corrected chi connectivity index (χ4v) is 2.21. The SMILES string of the molecule is Clc1nc(Cl)nc(C2C3=C/C=C\C=C/C=C\32)n1. The highest BCUT2D eigenvalue weighted by Crippen LogP contribution is 2.52. The summed E-state index contributed by atoms with van der Waals surface area (Å²) in [6.07, 6.45) is 12.0. The number of fused-ring (bicyclic) bond motifs is 1. The van der Waals surface area contributed by atoms with Gasteiger partial charge in [-0.1, -0.05) is 36.5 Å². The standard InChI is InChI=1S/C12H7Cl2N3/c13-11-15-10(16-12(14)17-11)9-7-5-3-1-2-4-6-8(7)9/h1-6,9H/b2-1?,3-1-,4-2-,5-3?,6-4?,7-5+,8-6+. The van der Waals surface area contributed by atoms with Crippen molar-refractivity contribution in [1.82, 2.24) is 15.0 Å². The van der Waals surface area contributed by atoms with Gasteiger partial charge in [-0.3, -0.25) is 0 Å². The Bertz CT molecular complexity index is 552. The molecule has 3 rings (SSSR count). The number of nitrogens with zero attached hydrogens (tertiary/aromatic N) is 3. The molecule has 1 saturated carbocycles. The normalized spacial score (nSPS) is 31.1. The lowest BCUT2D eigenvalue weighted by molar-refractivity contribution is 0.921. The van der Waals surface area contributed by atoms with Crippen molar-refractivity contribution in [3.63, 3.8) is 0 Å². The first kappa shape index (κ1) is 10.7. The summed E-state index contributed by atoms with van der Waals surface area (Å²) in [6.45, 7) is 0. The van der Waals surface area contributed by atoms with E-state index in [1.807, 2.05) is 36.5 Å². The first-order valence-corrected chi connectivity index (χ1v) is 5.84. The van der Waals surface area contributed by atoms with E-state index in [1.165, 1.54) is 11.1 Å². The highest BCUT2D eigenvalue weighted by Gasteiger charge is 2.40. The molecule has 0 aliphatic heterocycles. The second-order valence-corrected chi connectivity index (χ2v) is 4.35. The van der Waals surface area contributed by atoms with Gasteiger partial charge in [-0.15, -0.1) is 0 Å². The van der Waals surface area contributed by atoms with Crippen LogP contribution >= 0.6 is 23.2 Å². The van der Waals surface area contributed by atoms with E-state index < -0.39 is 0 Å². The van der Waals surface area contributed by atoms with Crippen molar-refractivity contribution >= 4 is 23.2 Å². The molecule has 0 bridgehead atoms. The Hall–Kier alpha value is -1.45. The summed E-state index contributed by atoms with van der Waals surface area (Å²) in [5.41, 5.74) is 2.40. The zero-order chi connectivity index (χ0) is 11.8. The molecule has 0 aromatic carbocycles. The number of allylic oxidation sites excluding steroid dienone is 8. The Morgan fingerprint density at radius 2 is 1.29 bits per heavy atom. The maximum atomic E-state index is 5.77. The van der Waals surface area contributed by atoms with E-state index >= 15 is 0 Å². The van der Waals surface area contributed by atoms with Crippen LogP contribution in [0.2, 0.25) is 10.6 Å². The minimum Gasteiger partial charge on any atom is -0.202 e. The fourth-order valence-electron chi connectivity index (χ4n) is 1.84. The van der Waals surface area contributed by atoms with Crippen LogP contribution in [-0.4, -0.2) is 15.0 Å². The molecule has 5 heteroatoms. The van der Waals surface area contributed by atoms with Gasteiger partial charge >= 0.3 is 0 Å². The van der Waals surface area contributed by atoms with E-state index in [-0.39, 0.29) is 16.5 Å². The monoisotopic (exact) mass is 263 g/mol. The lowest BCUT2D eigenvalue weighted by atomic mass is 10.3. The Kier molecular flexibility index (Phi) is 2.57. The predicted molar refractivity (Wildman–Crippen MR) is 67.0 cm³/mol. The topological polar surface area (TPSA) is 38.7 Å². The van der Waals surface area contributed by atoms with Gasteiger partial charge in [0.25, 0.3) is 0 Å². The Morgan fingerprint density at radius 3 is 1.82 bits per heavy atom. The number of aromatic nitrogens is 3. The van der Waals surface area contributed by atoms with Crippen LogP contribution in [-0.2, 0) is 0 Å². The van der Waals surface area contributed by atoms with E-state index in [2.05, 4.69) is 15.0 Å². The van der Waals surface area contributed by atoms with Crippen LogP contribution in [0.3, 0.4) is 0 Å². The van der Waals surface area contributed by atoms with Gasteiger partial charge in [-0.05, 0) is 34.3 Å². The summed E-state index contributed by atoms with van der Waals surface area (Å²) in [7, 11) is 0. The molecule has 0 radical (unpaired) electrons. The largest absolute Gasteiger partial charge is 0.226 e. The van der Waals surface area contributed by atoms with Crippen LogP contribution in [0.1, 0.15) is 11.7 Å². The van der Waals surface area contributed by atoms with Crippen LogP contribution in [0.5, 0.6) is 0 Å². The average molecular weight is 264 g/mol. The third kappa shape index (κ3) is 2.04. The molecular formula is C12H7Cl2N3. The summed E-state index contributed by atoms with van der Waals surface area (Å²) in [4.78, 5) is 12.0. The minimum atomic E-state index is 0.0976. The van der Waals surface area contributed by atoms with Gasteiger partial charge in [0.05, 0.1) is 5.92 Å². The number of rotatable bonds is 1. The van der Waals surface area contributed by atoms with Crippen LogP contribution in [0.15, 0.2) is 47.6 Å². The third-order valence-electron chi connectivity index (χ3n) is 2.61. The fraction of sp³-hybridized carbons (Fsp3) is 0.0833. The molecule has 3 nitrogen and oxygen atoms in total. The smallest absolute Gasteiger partial charge is 0.202 e. The molecule has 1 fully saturated rings. The molecule has 17 heavy (non-hydrogen) atoms. The molecule has 0 saturated heterocycles. The molecule has 0 amide bonds. The second kappa shape index (κ2) is 4.09. The van der Waals surface area contributed by atoms with Crippen molar-refractivity contribution in [3.8, 4) is 0 Å². The van der Waals surface area contributed by atoms with Gasteiger partial charge in [0.1, 0.15) is 5.82 Å². The van der Waals surface area contributed by atoms with Crippen LogP contribution < -0.4 is 0 Å². The summed E-state index contributed by atoms with van der Waals surface area (Å²) in [6, 6.07) is 0. The van der Waals surface area contributed by atoms with Crippen LogP contribution in [0, 0.1) is 0 Å². The molecule has 2 aliphatic rings. The predicted octanol–water partition coefficient (Wildman–Crippen LogP) is 3.25. The van der Waals surface area contributed by atoms with Crippen molar-refractivity contribution in [2.24, 2.45) is 0 Å². The molecule has 0 spiro atoms. The second-order valence-electron chi connectivity index (χ2n) is 3.68. The molecule has 0 N–H and O–H groups in total. The average Bonchev–Trinajstić information content (AvgIpc) is 2.88. The first-order valence-electron chi connectivity index (χ1n) is 5.08. The maximum absolute atomic E-state index is 5.77. The van der Waals surface area contributed by atoms with E-state index in [4.69, 9.17) is 23.2 Å². The van der Waals surface area contributed by atoms with Crippen molar-refractivity contribution in [2.45, 2.75) is 5.92 Å². The summed E-state index contributed by atoms with van der Waals surface area (Å²) in [5, 5.41) is 0.262. The van der Waals surface area contributed by atoms with E-state index in [9.17, 15) is 0 Å². The summed E-state index contributed by atoms with van der Waals surface area (Å²) < 4.78 is 0. The molecule has 0 unspecified atom stereocenters. The Balaban J connectivity index is 2.02. The molecule has 0 atom stereocenters. The first-order chi connectivity index (χ1) is 8.25. The molecule has 1 aromatic heterocycles. The van der Waals surface area contributed by atoms with Gasteiger partial charge in [0.15, 0.2) is 0 Å². The highest BCUT2D eigenvalue weighted by atomic mass is 35.5. The zero-order valence-electron chi connectivity index (χ0n) is 8.64. The van der Waals surface area contributed by atoms with E-state index in [0.29, 0.717) is 5.82 Å². The molecular weight excluding hydrogens is 257 g/mol. The molecule has 84 valence electrons. The zero-order valence-corrected chi connectivity index (χ0v) is 10.2. The van der Waals surface area contributed by atoms with Crippen molar-refractivity contribution in [3.05, 3.63) is 64.0 Å². The lowest BCUT2D eigenvalue weighted by Crippen LogP contribution is -1.96. The van der Waals surface area contributed by atoms with Gasteiger partial charge in [0.2, 0.25) is 10.6 Å². The van der Waals surface area contributed by atoms with Crippen molar-refractivity contribution in [2.75, 3.05) is 0 Å². The summed E-state index contributed by atoms with van der Waals surface area (Å²) >= 11 is 11.5. The number of hydrogen-bond donors (Lipinski definition) is 0. The third-order valence-corrected chi connectivity index (χ3v) is 2.95. The van der Waals surface area contributed by atoms with Crippen LogP contribution in [0.4, 0.5) is 0 Å².